The van der Waals surface area contributed by atoms with Gasteiger partial charge in [-0.15, -0.1) is 0 Å². The van der Waals surface area contributed by atoms with Crippen molar-refractivity contribution < 1.29 is 5.11 Å². The van der Waals surface area contributed by atoms with Gasteiger partial charge in [0.25, 0.3) is 0 Å². The molecule has 2 aromatic rings. The van der Waals surface area contributed by atoms with Crippen LogP contribution in [-0.4, -0.2) is 20.7 Å². The molecule has 21 heavy (non-hydrogen) atoms. The van der Waals surface area contributed by atoms with Gasteiger partial charge >= 0.3 is 0 Å². The van der Waals surface area contributed by atoms with Crippen LogP contribution >= 0.6 is 0 Å². The molecule has 4 nitrogen and oxygen atoms in total. The number of phenols is 1. The fraction of sp³-hybridized carbons (Fsp3) is 0.471. The molecule has 0 saturated heterocycles. The van der Waals surface area contributed by atoms with Crippen LogP contribution < -0.4 is 5.32 Å². The number of aryl methyl sites for hydroxylation is 1. The highest BCUT2D eigenvalue weighted by Crippen LogP contribution is 2.33. The van der Waals surface area contributed by atoms with E-state index in [4.69, 9.17) is 0 Å². The van der Waals surface area contributed by atoms with Gasteiger partial charge in [0.05, 0.1) is 6.33 Å². The number of benzene rings is 1. The van der Waals surface area contributed by atoms with Gasteiger partial charge in [0, 0.05) is 36.1 Å². The lowest BCUT2D eigenvalue weighted by atomic mass is 10.0. The lowest BCUT2D eigenvalue weighted by Crippen LogP contribution is -2.35. The molecule has 3 unspecified atom stereocenters. The number of hydrogen-bond acceptors (Lipinski definition) is 3. The fourth-order valence-corrected chi connectivity index (χ4v) is 3.39. The van der Waals surface area contributed by atoms with Gasteiger partial charge in [-0.2, -0.15) is 0 Å². The largest absolute Gasteiger partial charge is 0.508 e. The third-order valence-corrected chi connectivity index (χ3v) is 4.50. The molecular formula is C17H23N3O. The van der Waals surface area contributed by atoms with E-state index in [2.05, 4.69) is 27.9 Å². The maximum absolute atomic E-state index is 10.1. The van der Waals surface area contributed by atoms with E-state index in [0.717, 1.165) is 11.1 Å². The van der Waals surface area contributed by atoms with Crippen molar-refractivity contribution in [3.8, 4) is 5.75 Å². The van der Waals surface area contributed by atoms with Crippen LogP contribution in [0.5, 0.6) is 5.75 Å². The molecule has 4 heteroatoms. The van der Waals surface area contributed by atoms with Crippen LogP contribution in [0.4, 0.5) is 0 Å². The molecule has 0 amide bonds. The van der Waals surface area contributed by atoms with E-state index in [1.54, 1.807) is 0 Å². The number of imidazole rings is 1. The molecule has 1 aromatic carbocycles. The number of hydrogen-bond donors (Lipinski definition) is 2. The molecule has 0 bridgehead atoms. The number of aromatic nitrogens is 2. The van der Waals surface area contributed by atoms with Gasteiger partial charge in [-0.25, -0.2) is 4.98 Å². The molecule has 0 radical (unpaired) electrons. The van der Waals surface area contributed by atoms with Gasteiger partial charge in [0.15, 0.2) is 0 Å². The summed E-state index contributed by atoms with van der Waals surface area (Å²) in [5, 5.41) is 13.8. The molecule has 3 rings (SSSR count). The second kappa shape index (κ2) is 5.90. The molecular weight excluding hydrogens is 262 g/mol. The third-order valence-electron chi connectivity index (χ3n) is 4.50. The Morgan fingerprint density at radius 3 is 2.95 bits per heavy atom. The van der Waals surface area contributed by atoms with Crippen LogP contribution in [0.1, 0.15) is 49.4 Å². The average Bonchev–Trinajstić information content (AvgIpc) is 3.08. The van der Waals surface area contributed by atoms with Crippen LogP contribution in [0.3, 0.4) is 0 Å². The van der Waals surface area contributed by atoms with Crippen molar-refractivity contribution in [1.82, 2.24) is 14.9 Å². The van der Waals surface area contributed by atoms with Crippen molar-refractivity contribution in [3.05, 3.63) is 48.0 Å². The van der Waals surface area contributed by atoms with Gasteiger partial charge in [0.1, 0.15) is 5.75 Å². The Labute approximate surface area is 125 Å². The minimum atomic E-state index is 0.139. The van der Waals surface area contributed by atoms with E-state index in [1.807, 2.05) is 37.8 Å². The second-order valence-corrected chi connectivity index (χ2v) is 6.07. The van der Waals surface area contributed by atoms with Crippen LogP contribution in [0, 0.1) is 6.92 Å². The van der Waals surface area contributed by atoms with Gasteiger partial charge in [-0.3, -0.25) is 0 Å². The summed E-state index contributed by atoms with van der Waals surface area (Å²) in [5.41, 5.74) is 2.05. The zero-order chi connectivity index (χ0) is 14.8. The summed E-state index contributed by atoms with van der Waals surface area (Å²) in [6, 6.07) is 6.92. The van der Waals surface area contributed by atoms with Gasteiger partial charge in [0.2, 0.25) is 0 Å². The summed E-state index contributed by atoms with van der Waals surface area (Å²) in [6.45, 7) is 4.11. The molecule has 2 N–H and O–H groups in total. The SMILES string of the molecule is Cc1ccc(C(C)NC2CCCC2n2ccnc2)c(O)c1. The summed E-state index contributed by atoms with van der Waals surface area (Å²) in [7, 11) is 0. The summed E-state index contributed by atoms with van der Waals surface area (Å²) in [6.07, 6.45) is 9.36. The Bertz CT molecular complexity index is 594. The minimum Gasteiger partial charge on any atom is -0.508 e. The highest BCUT2D eigenvalue weighted by molar-refractivity contribution is 5.37. The van der Waals surface area contributed by atoms with Crippen molar-refractivity contribution in [2.75, 3.05) is 0 Å². The molecule has 1 fully saturated rings. The number of rotatable bonds is 4. The predicted octanol–water partition coefficient (Wildman–Crippen LogP) is 3.34. The number of nitrogens with one attached hydrogen (secondary N) is 1. The summed E-state index contributed by atoms with van der Waals surface area (Å²) in [4.78, 5) is 4.16. The lowest BCUT2D eigenvalue weighted by Gasteiger charge is -2.26. The smallest absolute Gasteiger partial charge is 0.120 e. The van der Waals surface area contributed by atoms with Crippen LogP contribution in [-0.2, 0) is 0 Å². The van der Waals surface area contributed by atoms with E-state index in [1.165, 1.54) is 19.3 Å². The Hall–Kier alpha value is -1.81. The molecule has 1 aromatic heterocycles. The quantitative estimate of drug-likeness (QED) is 0.906. The molecule has 0 spiro atoms. The molecule has 1 heterocycles. The standard InChI is InChI=1S/C17H23N3O/c1-12-6-7-14(17(21)10-12)13(2)19-15-4-3-5-16(15)20-9-8-18-11-20/h6-11,13,15-16,19,21H,3-5H2,1-2H3. The monoisotopic (exact) mass is 285 g/mol. The maximum atomic E-state index is 10.1. The number of phenolic OH excluding ortho intramolecular Hbond substituents is 1. The Balaban J connectivity index is 1.73. The highest BCUT2D eigenvalue weighted by Gasteiger charge is 2.29. The van der Waals surface area contributed by atoms with E-state index < -0.39 is 0 Å². The first-order chi connectivity index (χ1) is 10.1. The lowest BCUT2D eigenvalue weighted by molar-refractivity contribution is 0.356. The third kappa shape index (κ3) is 2.95. The average molecular weight is 285 g/mol. The molecule has 1 aliphatic carbocycles. The molecule has 112 valence electrons. The Morgan fingerprint density at radius 1 is 1.38 bits per heavy atom. The Kier molecular flexibility index (Phi) is 3.97. The van der Waals surface area contributed by atoms with Gasteiger partial charge in [-0.1, -0.05) is 12.1 Å². The van der Waals surface area contributed by atoms with Gasteiger partial charge in [-0.05, 0) is 44.7 Å². The van der Waals surface area contributed by atoms with Crippen molar-refractivity contribution in [1.29, 1.82) is 0 Å². The van der Waals surface area contributed by atoms with Crippen LogP contribution in [0.25, 0.3) is 0 Å². The first-order valence-electron chi connectivity index (χ1n) is 7.68. The predicted molar refractivity (Wildman–Crippen MR) is 83.3 cm³/mol. The highest BCUT2D eigenvalue weighted by atomic mass is 16.3. The maximum Gasteiger partial charge on any atom is 0.120 e. The Morgan fingerprint density at radius 2 is 2.24 bits per heavy atom. The first kappa shape index (κ1) is 14.1. The van der Waals surface area contributed by atoms with Gasteiger partial charge < -0.3 is 15.0 Å². The summed E-state index contributed by atoms with van der Waals surface area (Å²) < 4.78 is 2.20. The fourth-order valence-electron chi connectivity index (χ4n) is 3.39. The zero-order valence-corrected chi connectivity index (χ0v) is 12.7. The molecule has 0 aliphatic heterocycles. The van der Waals surface area contributed by atoms with Crippen molar-refractivity contribution in [2.24, 2.45) is 0 Å². The summed E-state index contributed by atoms with van der Waals surface area (Å²) in [5.74, 6) is 0.382. The van der Waals surface area contributed by atoms with Crippen LogP contribution in [0.15, 0.2) is 36.9 Å². The topological polar surface area (TPSA) is 50.1 Å². The van der Waals surface area contributed by atoms with Crippen molar-refractivity contribution >= 4 is 0 Å². The normalized spacial score (nSPS) is 23.3. The van der Waals surface area contributed by atoms with Crippen molar-refractivity contribution in [3.63, 3.8) is 0 Å². The molecule has 1 saturated carbocycles. The molecule has 3 atom stereocenters. The summed E-state index contributed by atoms with van der Waals surface area (Å²) >= 11 is 0. The first-order valence-corrected chi connectivity index (χ1v) is 7.68. The van der Waals surface area contributed by atoms with E-state index in [0.29, 0.717) is 17.8 Å². The zero-order valence-electron chi connectivity index (χ0n) is 12.7. The van der Waals surface area contributed by atoms with E-state index in [9.17, 15) is 5.11 Å². The molecule has 1 aliphatic rings. The van der Waals surface area contributed by atoms with Crippen LogP contribution in [0.2, 0.25) is 0 Å². The van der Waals surface area contributed by atoms with E-state index >= 15 is 0 Å². The number of nitrogens with zero attached hydrogens (tertiary/aromatic N) is 2. The number of aromatic hydroxyl groups is 1. The second-order valence-electron chi connectivity index (χ2n) is 6.07. The minimum absolute atomic E-state index is 0.139. The van der Waals surface area contributed by atoms with E-state index in [-0.39, 0.29) is 6.04 Å². The van der Waals surface area contributed by atoms with Crippen molar-refractivity contribution in [2.45, 2.75) is 51.2 Å².